The predicted octanol–water partition coefficient (Wildman–Crippen LogP) is 1.58. The van der Waals surface area contributed by atoms with Gasteiger partial charge in [0.05, 0.1) is 6.61 Å². The first kappa shape index (κ1) is 16.7. The van der Waals surface area contributed by atoms with Crippen molar-refractivity contribution in [2.24, 2.45) is 0 Å². The molecule has 7 heteroatoms. The Balaban J connectivity index is 2.19. The molecule has 1 heterocycles. The molecule has 2 rings (SSSR count). The zero-order valence-electron chi connectivity index (χ0n) is 12.8. The van der Waals surface area contributed by atoms with E-state index in [-0.39, 0.29) is 18.6 Å². The topological polar surface area (TPSA) is 75.7 Å². The van der Waals surface area contributed by atoms with Crippen molar-refractivity contribution in [3.8, 4) is 0 Å². The second kappa shape index (κ2) is 7.04. The lowest BCUT2D eigenvalue weighted by Crippen LogP contribution is -2.56. The minimum absolute atomic E-state index is 0.173. The molecule has 0 aliphatic carbocycles. The van der Waals surface area contributed by atoms with Crippen LogP contribution in [0.3, 0.4) is 0 Å². The highest BCUT2D eigenvalue weighted by Gasteiger charge is 2.35. The van der Waals surface area contributed by atoms with E-state index in [2.05, 4.69) is 5.43 Å². The van der Waals surface area contributed by atoms with Crippen molar-refractivity contribution in [3.63, 3.8) is 0 Å². The van der Waals surface area contributed by atoms with Gasteiger partial charge in [0, 0.05) is 18.1 Å². The molecule has 1 aromatic carbocycles. The van der Waals surface area contributed by atoms with Crippen LogP contribution in [0.5, 0.6) is 0 Å². The van der Waals surface area contributed by atoms with Crippen LogP contribution in [-0.2, 0) is 14.3 Å². The highest BCUT2D eigenvalue weighted by Crippen LogP contribution is 2.18. The summed E-state index contributed by atoms with van der Waals surface area (Å²) in [6.45, 7) is 3.56. The number of nitrogens with one attached hydrogen (secondary N) is 1. The molecular weight excluding hydrogens is 303 g/mol. The number of esters is 1. The highest BCUT2D eigenvalue weighted by atomic mass is 19.1. The molecule has 0 saturated heterocycles. The molecule has 122 valence electrons. The Labute approximate surface area is 132 Å². The Morgan fingerprint density at radius 3 is 2.61 bits per heavy atom. The van der Waals surface area contributed by atoms with Crippen LogP contribution < -0.4 is 5.43 Å². The number of hydrogen-bond donors (Lipinski definition) is 1. The number of rotatable bonds is 4. The van der Waals surface area contributed by atoms with E-state index in [0.717, 1.165) is 22.7 Å². The lowest BCUT2D eigenvalue weighted by molar-refractivity contribution is -0.155. The van der Waals surface area contributed by atoms with E-state index in [1.54, 1.807) is 13.8 Å². The monoisotopic (exact) mass is 320 g/mol. The second-order valence-electron chi connectivity index (χ2n) is 5.12. The van der Waals surface area contributed by atoms with E-state index < -0.39 is 29.6 Å². The van der Waals surface area contributed by atoms with Crippen LogP contribution in [-0.4, -0.2) is 35.4 Å². The molecule has 1 aromatic rings. The Morgan fingerprint density at radius 1 is 1.35 bits per heavy atom. The van der Waals surface area contributed by atoms with Crippen molar-refractivity contribution < 1.29 is 23.5 Å². The first-order valence-corrected chi connectivity index (χ1v) is 7.16. The summed E-state index contributed by atoms with van der Waals surface area (Å²) < 4.78 is 17.9. The third kappa shape index (κ3) is 3.94. The maximum Gasteiger partial charge on any atom is 0.331 e. The Kier molecular flexibility index (Phi) is 5.10. The molecule has 0 saturated carbocycles. The molecule has 0 fully saturated rings. The smallest absolute Gasteiger partial charge is 0.331 e. The molecule has 0 unspecified atom stereocenters. The molecule has 1 atom stereocenters. The van der Waals surface area contributed by atoms with Crippen molar-refractivity contribution in [1.29, 1.82) is 0 Å². The molecule has 1 aliphatic heterocycles. The van der Waals surface area contributed by atoms with Gasteiger partial charge in [-0.05, 0) is 38.1 Å². The van der Waals surface area contributed by atoms with Crippen LogP contribution in [0.2, 0.25) is 0 Å². The van der Waals surface area contributed by atoms with Gasteiger partial charge < -0.3 is 4.74 Å². The number of benzene rings is 1. The molecule has 0 spiro atoms. The van der Waals surface area contributed by atoms with Crippen LogP contribution in [0.1, 0.15) is 30.6 Å². The molecular formula is C16H17FN2O4. The average Bonchev–Trinajstić information content (AvgIpc) is 2.50. The molecule has 1 N–H and O–H groups in total. The number of halogens is 1. The highest BCUT2D eigenvalue weighted by molar-refractivity contribution is 5.99. The lowest BCUT2D eigenvalue weighted by atomic mass is 10.0. The van der Waals surface area contributed by atoms with Crippen molar-refractivity contribution in [1.82, 2.24) is 10.4 Å². The fourth-order valence-corrected chi connectivity index (χ4v) is 2.22. The van der Waals surface area contributed by atoms with Gasteiger partial charge >= 0.3 is 5.97 Å². The van der Waals surface area contributed by atoms with Gasteiger partial charge in [-0.2, -0.15) is 0 Å². The summed E-state index contributed by atoms with van der Waals surface area (Å²) in [5.41, 5.74) is 3.29. The number of ether oxygens (including phenoxy) is 1. The summed E-state index contributed by atoms with van der Waals surface area (Å²) in [6, 6.07) is 3.94. The van der Waals surface area contributed by atoms with Gasteiger partial charge in [-0.1, -0.05) is 5.57 Å². The SMILES string of the molecule is CCOC(=O)[C@H]1CC(C)=CC(=O)N1NC(=O)c1ccc(F)cc1. The number of carbonyl (C=O) groups excluding carboxylic acids is 3. The number of amides is 2. The number of hydrogen-bond acceptors (Lipinski definition) is 4. The van der Waals surface area contributed by atoms with Crippen molar-refractivity contribution >= 4 is 17.8 Å². The first-order valence-electron chi connectivity index (χ1n) is 7.16. The largest absolute Gasteiger partial charge is 0.464 e. The Morgan fingerprint density at radius 2 is 2.00 bits per heavy atom. The van der Waals surface area contributed by atoms with Gasteiger partial charge in [-0.3, -0.25) is 15.0 Å². The summed E-state index contributed by atoms with van der Waals surface area (Å²) in [6.07, 6.45) is 1.62. The van der Waals surface area contributed by atoms with Crippen LogP contribution in [0.15, 0.2) is 35.9 Å². The zero-order chi connectivity index (χ0) is 17.0. The number of hydrazine groups is 1. The standard InChI is InChI=1S/C16H17FN2O4/c1-3-23-16(22)13-8-10(2)9-14(20)19(13)18-15(21)11-4-6-12(17)7-5-11/h4-7,9,13H,3,8H2,1-2H3,(H,18,21)/t13-/m1/s1. The summed E-state index contributed by atoms with van der Waals surface area (Å²) in [5.74, 6) is -2.19. The van der Waals surface area contributed by atoms with Crippen molar-refractivity contribution in [3.05, 3.63) is 47.3 Å². The van der Waals surface area contributed by atoms with Gasteiger partial charge in [0.1, 0.15) is 5.82 Å². The summed E-state index contributed by atoms with van der Waals surface area (Å²) in [4.78, 5) is 36.3. The Hall–Kier alpha value is -2.70. The third-order valence-electron chi connectivity index (χ3n) is 3.32. The number of nitrogens with zero attached hydrogens (tertiary/aromatic N) is 1. The molecule has 2 amide bonds. The first-order chi connectivity index (χ1) is 10.9. The summed E-state index contributed by atoms with van der Waals surface area (Å²) in [7, 11) is 0. The Bertz CT molecular complexity index is 655. The average molecular weight is 320 g/mol. The predicted molar refractivity (Wildman–Crippen MR) is 79.5 cm³/mol. The van der Waals surface area contributed by atoms with Gasteiger partial charge in [0.2, 0.25) is 0 Å². The molecule has 0 radical (unpaired) electrons. The van der Waals surface area contributed by atoms with Crippen molar-refractivity contribution in [2.75, 3.05) is 6.61 Å². The van der Waals surface area contributed by atoms with Crippen LogP contribution in [0, 0.1) is 5.82 Å². The zero-order valence-corrected chi connectivity index (χ0v) is 12.8. The summed E-state index contributed by atoms with van der Waals surface area (Å²) in [5, 5.41) is 0.955. The molecule has 6 nitrogen and oxygen atoms in total. The van der Waals surface area contributed by atoms with E-state index in [0.29, 0.717) is 0 Å². The minimum Gasteiger partial charge on any atom is -0.464 e. The maximum absolute atomic E-state index is 12.9. The van der Waals surface area contributed by atoms with Crippen molar-refractivity contribution in [2.45, 2.75) is 26.3 Å². The van der Waals surface area contributed by atoms with Gasteiger partial charge in [0.15, 0.2) is 6.04 Å². The minimum atomic E-state index is -0.920. The van der Waals surface area contributed by atoms with Crippen LogP contribution >= 0.6 is 0 Å². The second-order valence-corrected chi connectivity index (χ2v) is 5.12. The quantitative estimate of drug-likeness (QED) is 0.855. The van der Waals surface area contributed by atoms with Gasteiger partial charge in [0.25, 0.3) is 11.8 Å². The van der Waals surface area contributed by atoms with E-state index in [1.807, 2.05) is 0 Å². The fraction of sp³-hybridized carbons (Fsp3) is 0.312. The van der Waals surface area contributed by atoms with Gasteiger partial charge in [-0.15, -0.1) is 0 Å². The van der Waals surface area contributed by atoms with E-state index in [1.165, 1.54) is 18.2 Å². The molecule has 1 aliphatic rings. The normalized spacial score (nSPS) is 17.5. The number of carbonyl (C=O) groups is 3. The van der Waals surface area contributed by atoms with E-state index in [4.69, 9.17) is 4.74 Å². The fourth-order valence-electron chi connectivity index (χ4n) is 2.22. The van der Waals surface area contributed by atoms with Crippen LogP contribution in [0.25, 0.3) is 0 Å². The molecule has 0 bridgehead atoms. The molecule has 23 heavy (non-hydrogen) atoms. The molecule has 0 aromatic heterocycles. The third-order valence-corrected chi connectivity index (χ3v) is 3.32. The lowest BCUT2D eigenvalue weighted by Gasteiger charge is -2.32. The van der Waals surface area contributed by atoms with Gasteiger partial charge in [-0.25, -0.2) is 14.2 Å². The summed E-state index contributed by atoms with van der Waals surface area (Å²) >= 11 is 0. The van der Waals surface area contributed by atoms with E-state index in [9.17, 15) is 18.8 Å². The maximum atomic E-state index is 12.9. The van der Waals surface area contributed by atoms with E-state index >= 15 is 0 Å². The van der Waals surface area contributed by atoms with Crippen LogP contribution in [0.4, 0.5) is 4.39 Å².